The summed E-state index contributed by atoms with van der Waals surface area (Å²) < 4.78 is 54.3. The third-order valence-corrected chi connectivity index (χ3v) is 4.31. The van der Waals surface area contributed by atoms with Gasteiger partial charge in [0.1, 0.15) is 0 Å². The molecule has 25 heavy (non-hydrogen) atoms. The van der Waals surface area contributed by atoms with Crippen molar-refractivity contribution < 1.29 is 27.1 Å². The summed E-state index contributed by atoms with van der Waals surface area (Å²) in [5, 5.41) is 2.68. The first-order chi connectivity index (χ1) is 11.6. The number of carbonyl (C=O) groups is 1. The number of rotatable bonds is 6. The molecule has 1 aromatic heterocycles. The number of nitrogens with zero attached hydrogens (tertiary/aromatic N) is 1. The molecule has 0 aromatic carbocycles. The van der Waals surface area contributed by atoms with E-state index in [1.54, 1.807) is 0 Å². The fourth-order valence-electron chi connectivity index (χ4n) is 2.79. The Hall–Kier alpha value is -1.90. The first kappa shape index (κ1) is 19.4. The van der Waals surface area contributed by atoms with E-state index in [4.69, 9.17) is 5.73 Å². The van der Waals surface area contributed by atoms with Gasteiger partial charge in [-0.25, -0.2) is 13.8 Å². The van der Waals surface area contributed by atoms with Crippen molar-refractivity contribution in [2.24, 2.45) is 11.7 Å². The molecular weight excluding hydrogens is 342 g/mol. The molecule has 1 amide bonds. The molecule has 1 aromatic rings. The molecule has 2 rings (SSSR count). The lowest BCUT2D eigenvalue weighted by molar-refractivity contribution is -0.148. The van der Waals surface area contributed by atoms with E-state index in [0.29, 0.717) is 12.1 Å². The highest BCUT2D eigenvalue weighted by Gasteiger charge is 2.42. The third-order valence-electron chi connectivity index (χ3n) is 4.31. The SMILES string of the molecule is CC1(N)CCCCC1C(=O)Nc1ccc(OCC(F)(F)C(F)F)nc1. The summed E-state index contributed by atoms with van der Waals surface area (Å²) in [6.07, 6.45) is 0.754. The molecular formula is C16H21F4N3O2. The zero-order valence-electron chi connectivity index (χ0n) is 13.8. The summed E-state index contributed by atoms with van der Waals surface area (Å²) >= 11 is 0. The number of amides is 1. The Balaban J connectivity index is 1.93. The molecule has 2 unspecified atom stereocenters. The Bertz CT molecular complexity index is 594. The van der Waals surface area contributed by atoms with E-state index in [1.165, 1.54) is 18.3 Å². The largest absolute Gasteiger partial charge is 0.471 e. The molecule has 3 N–H and O–H groups in total. The number of hydrogen-bond acceptors (Lipinski definition) is 4. The van der Waals surface area contributed by atoms with Gasteiger partial charge in [-0.1, -0.05) is 12.8 Å². The van der Waals surface area contributed by atoms with Crippen LogP contribution in [0.4, 0.5) is 23.2 Å². The monoisotopic (exact) mass is 363 g/mol. The van der Waals surface area contributed by atoms with Crippen LogP contribution in [0.1, 0.15) is 32.6 Å². The molecule has 0 spiro atoms. The summed E-state index contributed by atoms with van der Waals surface area (Å²) in [6, 6.07) is 2.62. The van der Waals surface area contributed by atoms with Gasteiger partial charge in [-0.05, 0) is 25.8 Å². The first-order valence-electron chi connectivity index (χ1n) is 7.96. The Morgan fingerprint density at radius 1 is 1.48 bits per heavy atom. The Morgan fingerprint density at radius 2 is 2.20 bits per heavy atom. The maximum atomic E-state index is 12.8. The number of ether oxygens (including phenoxy) is 1. The van der Waals surface area contributed by atoms with Crippen LogP contribution in [0.15, 0.2) is 18.3 Å². The van der Waals surface area contributed by atoms with E-state index in [1.807, 2.05) is 6.92 Å². The molecule has 9 heteroatoms. The summed E-state index contributed by atoms with van der Waals surface area (Å²) in [6.45, 7) is 0.367. The van der Waals surface area contributed by atoms with Crippen LogP contribution < -0.4 is 15.8 Å². The average molecular weight is 363 g/mol. The van der Waals surface area contributed by atoms with Crippen molar-refractivity contribution in [2.75, 3.05) is 11.9 Å². The van der Waals surface area contributed by atoms with E-state index in [-0.39, 0.29) is 17.7 Å². The van der Waals surface area contributed by atoms with Crippen LogP contribution in [0.5, 0.6) is 5.88 Å². The van der Waals surface area contributed by atoms with Crippen LogP contribution in [0.3, 0.4) is 0 Å². The van der Waals surface area contributed by atoms with Crippen LogP contribution in [0.25, 0.3) is 0 Å². The second-order valence-electron chi connectivity index (χ2n) is 6.53. The average Bonchev–Trinajstić information content (AvgIpc) is 2.53. The first-order valence-corrected chi connectivity index (χ1v) is 7.96. The molecule has 0 saturated heterocycles. The second-order valence-corrected chi connectivity index (χ2v) is 6.53. The highest BCUT2D eigenvalue weighted by molar-refractivity contribution is 5.93. The van der Waals surface area contributed by atoms with Gasteiger partial charge in [-0.3, -0.25) is 4.79 Å². The minimum atomic E-state index is -4.25. The van der Waals surface area contributed by atoms with Gasteiger partial charge < -0.3 is 15.8 Å². The summed E-state index contributed by atoms with van der Waals surface area (Å²) in [5.74, 6) is -5.05. The van der Waals surface area contributed by atoms with E-state index < -0.39 is 24.5 Å². The van der Waals surface area contributed by atoms with Crippen molar-refractivity contribution in [3.05, 3.63) is 18.3 Å². The van der Waals surface area contributed by atoms with Crippen LogP contribution >= 0.6 is 0 Å². The minimum Gasteiger partial charge on any atom is -0.471 e. The van der Waals surface area contributed by atoms with Crippen molar-refractivity contribution in [1.82, 2.24) is 4.98 Å². The van der Waals surface area contributed by atoms with Crippen LogP contribution in [0.2, 0.25) is 0 Å². The van der Waals surface area contributed by atoms with Crippen LogP contribution in [0, 0.1) is 5.92 Å². The Labute approximate surface area is 142 Å². The van der Waals surface area contributed by atoms with Gasteiger partial charge in [0, 0.05) is 11.6 Å². The lowest BCUT2D eigenvalue weighted by Gasteiger charge is -2.37. The van der Waals surface area contributed by atoms with Crippen LogP contribution in [-0.2, 0) is 4.79 Å². The number of carbonyl (C=O) groups excluding carboxylic acids is 1. The highest BCUT2D eigenvalue weighted by Crippen LogP contribution is 2.32. The molecule has 5 nitrogen and oxygen atoms in total. The van der Waals surface area contributed by atoms with E-state index in [9.17, 15) is 22.4 Å². The zero-order chi connectivity index (χ0) is 18.7. The van der Waals surface area contributed by atoms with Crippen molar-refractivity contribution in [2.45, 2.75) is 50.5 Å². The van der Waals surface area contributed by atoms with Gasteiger partial charge >= 0.3 is 12.3 Å². The second kappa shape index (κ2) is 7.55. The number of hydrogen-bond donors (Lipinski definition) is 2. The topological polar surface area (TPSA) is 77.2 Å². The van der Waals surface area contributed by atoms with E-state index >= 15 is 0 Å². The number of nitrogens with two attached hydrogens (primary N) is 1. The molecule has 1 fully saturated rings. The van der Waals surface area contributed by atoms with Crippen LogP contribution in [-0.4, -0.2) is 35.4 Å². The van der Waals surface area contributed by atoms with Gasteiger partial charge in [0.2, 0.25) is 11.8 Å². The van der Waals surface area contributed by atoms with Gasteiger partial charge in [0.25, 0.3) is 0 Å². The van der Waals surface area contributed by atoms with Gasteiger partial charge in [-0.2, -0.15) is 8.78 Å². The summed E-state index contributed by atoms with van der Waals surface area (Å²) in [7, 11) is 0. The van der Waals surface area contributed by atoms with Crippen molar-refractivity contribution in [1.29, 1.82) is 0 Å². The highest BCUT2D eigenvalue weighted by atomic mass is 19.3. The molecule has 1 aliphatic carbocycles. The summed E-state index contributed by atoms with van der Waals surface area (Å²) in [4.78, 5) is 16.1. The number of aromatic nitrogens is 1. The van der Waals surface area contributed by atoms with Gasteiger partial charge in [-0.15, -0.1) is 0 Å². The lowest BCUT2D eigenvalue weighted by atomic mass is 9.74. The normalized spacial score (nSPS) is 24.2. The fourth-order valence-corrected chi connectivity index (χ4v) is 2.79. The molecule has 2 atom stereocenters. The lowest BCUT2D eigenvalue weighted by Crippen LogP contribution is -2.51. The zero-order valence-corrected chi connectivity index (χ0v) is 13.8. The fraction of sp³-hybridized carbons (Fsp3) is 0.625. The van der Waals surface area contributed by atoms with E-state index in [2.05, 4.69) is 15.0 Å². The van der Waals surface area contributed by atoms with Crippen molar-refractivity contribution in [3.63, 3.8) is 0 Å². The van der Waals surface area contributed by atoms with Crippen molar-refractivity contribution in [3.8, 4) is 5.88 Å². The van der Waals surface area contributed by atoms with Crippen molar-refractivity contribution >= 4 is 11.6 Å². The molecule has 0 aliphatic heterocycles. The number of anilines is 1. The number of halogens is 4. The minimum absolute atomic E-state index is 0.232. The Morgan fingerprint density at radius 3 is 2.76 bits per heavy atom. The van der Waals surface area contributed by atoms with E-state index in [0.717, 1.165) is 19.3 Å². The standard InChI is InChI=1S/C16H21F4N3O2/c1-15(21)7-3-2-4-11(15)13(24)23-10-5-6-12(22-8-10)25-9-16(19,20)14(17)18/h5-6,8,11,14H,2-4,7,9,21H2,1H3,(H,23,24). The quantitative estimate of drug-likeness (QED) is 0.761. The maximum Gasteiger partial charge on any atom is 0.340 e. The smallest absolute Gasteiger partial charge is 0.340 e. The summed E-state index contributed by atoms with van der Waals surface area (Å²) in [5.41, 5.74) is 5.94. The molecule has 0 bridgehead atoms. The molecule has 1 aliphatic rings. The maximum absolute atomic E-state index is 12.8. The predicted molar refractivity (Wildman–Crippen MR) is 83.9 cm³/mol. The van der Waals surface area contributed by atoms with Gasteiger partial charge in [0.15, 0.2) is 6.61 Å². The predicted octanol–water partition coefficient (Wildman–Crippen LogP) is 3.21. The number of pyridine rings is 1. The molecule has 1 heterocycles. The number of nitrogens with one attached hydrogen (secondary N) is 1. The third kappa shape index (κ3) is 5.04. The molecule has 0 radical (unpaired) electrons. The molecule has 140 valence electrons. The number of alkyl halides is 4. The van der Waals surface area contributed by atoms with Gasteiger partial charge in [0.05, 0.1) is 17.8 Å². The molecule has 1 saturated carbocycles. The Kier molecular flexibility index (Phi) is 5.87.